The van der Waals surface area contributed by atoms with Crippen LogP contribution in [-0.2, 0) is 0 Å². The minimum atomic E-state index is -0.0420. The van der Waals surface area contributed by atoms with Gasteiger partial charge in [-0.15, -0.1) is 0 Å². The molecule has 0 unspecified atom stereocenters. The van der Waals surface area contributed by atoms with Crippen LogP contribution in [0.4, 0.5) is 5.69 Å². The Morgan fingerprint density at radius 3 is 2.65 bits per heavy atom. The normalized spacial score (nSPS) is 14.7. The van der Waals surface area contributed by atoms with E-state index in [4.69, 9.17) is 4.42 Å². The van der Waals surface area contributed by atoms with E-state index in [0.29, 0.717) is 30.2 Å². The smallest absolute Gasteiger partial charge is 0.274 e. The van der Waals surface area contributed by atoms with E-state index in [2.05, 4.69) is 47.1 Å². The molecule has 1 aliphatic heterocycles. The number of piperazine rings is 1. The number of nitrogens with one attached hydrogen (secondary N) is 1. The second-order valence-corrected chi connectivity index (χ2v) is 6.71. The molecule has 0 atom stereocenters. The summed E-state index contributed by atoms with van der Waals surface area (Å²) in [5, 5.41) is 7.04. The number of H-pyrrole nitrogens is 1. The molecule has 2 aromatic heterocycles. The van der Waals surface area contributed by atoms with Gasteiger partial charge in [0.2, 0.25) is 0 Å². The molecule has 1 fully saturated rings. The molecule has 1 amide bonds. The zero-order chi connectivity index (χ0) is 18.1. The second kappa shape index (κ2) is 6.71. The Labute approximate surface area is 152 Å². The van der Waals surface area contributed by atoms with Gasteiger partial charge in [-0.05, 0) is 43.2 Å². The Morgan fingerprint density at radius 2 is 1.92 bits per heavy atom. The molecule has 26 heavy (non-hydrogen) atoms. The van der Waals surface area contributed by atoms with E-state index in [-0.39, 0.29) is 5.91 Å². The van der Waals surface area contributed by atoms with Crippen molar-refractivity contribution in [2.75, 3.05) is 31.1 Å². The maximum atomic E-state index is 12.7. The predicted molar refractivity (Wildman–Crippen MR) is 100 cm³/mol. The summed E-state index contributed by atoms with van der Waals surface area (Å²) in [4.78, 5) is 17.0. The van der Waals surface area contributed by atoms with E-state index in [9.17, 15) is 4.79 Å². The lowest BCUT2D eigenvalue weighted by molar-refractivity contribution is 0.0741. The number of carbonyl (C=O) groups excluding carboxylic acids is 1. The van der Waals surface area contributed by atoms with Crippen molar-refractivity contribution in [3.63, 3.8) is 0 Å². The molecule has 0 aliphatic carbocycles. The average molecular weight is 350 g/mol. The Kier molecular flexibility index (Phi) is 4.24. The summed E-state index contributed by atoms with van der Waals surface area (Å²) >= 11 is 0. The van der Waals surface area contributed by atoms with E-state index in [1.807, 2.05) is 17.0 Å². The molecule has 134 valence electrons. The Hall–Kier alpha value is -3.02. The van der Waals surface area contributed by atoms with Crippen LogP contribution < -0.4 is 4.90 Å². The number of aryl methyl sites for hydroxylation is 2. The van der Waals surface area contributed by atoms with Crippen LogP contribution in [0.3, 0.4) is 0 Å². The molecule has 1 aromatic carbocycles. The van der Waals surface area contributed by atoms with Gasteiger partial charge in [0.1, 0.15) is 5.69 Å². The van der Waals surface area contributed by atoms with Crippen molar-refractivity contribution in [2.45, 2.75) is 13.8 Å². The highest BCUT2D eigenvalue weighted by atomic mass is 16.3. The predicted octanol–water partition coefficient (Wildman–Crippen LogP) is 3.25. The molecule has 0 radical (unpaired) electrons. The summed E-state index contributed by atoms with van der Waals surface area (Å²) in [7, 11) is 0. The van der Waals surface area contributed by atoms with Crippen LogP contribution in [0.2, 0.25) is 0 Å². The van der Waals surface area contributed by atoms with Crippen LogP contribution in [-0.4, -0.2) is 47.2 Å². The molecular weight excluding hydrogens is 328 g/mol. The average Bonchev–Trinajstić information content (AvgIpc) is 3.35. The van der Waals surface area contributed by atoms with Gasteiger partial charge in [0.05, 0.1) is 6.26 Å². The lowest BCUT2D eigenvalue weighted by atomic mass is 10.1. The SMILES string of the molecule is Cc1ccc(C)c(N2CCN(C(=O)c3cc(-c4ccco4)[nH]n3)CC2)c1. The summed E-state index contributed by atoms with van der Waals surface area (Å²) in [6, 6.07) is 11.9. The number of furan rings is 1. The fraction of sp³-hybridized carbons (Fsp3) is 0.300. The second-order valence-electron chi connectivity index (χ2n) is 6.71. The maximum Gasteiger partial charge on any atom is 0.274 e. The van der Waals surface area contributed by atoms with Gasteiger partial charge in [0.25, 0.3) is 5.91 Å². The minimum absolute atomic E-state index is 0.0420. The molecule has 4 rings (SSSR count). The van der Waals surface area contributed by atoms with Crippen LogP contribution in [0.5, 0.6) is 0 Å². The molecule has 6 nitrogen and oxygen atoms in total. The van der Waals surface area contributed by atoms with E-state index in [1.54, 1.807) is 12.3 Å². The summed E-state index contributed by atoms with van der Waals surface area (Å²) in [6.07, 6.45) is 1.60. The number of hydrogen-bond donors (Lipinski definition) is 1. The van der Waals surface area contributed by atoms with E-state index in [1.165, 1.54) is 16.8 Å². The van der Waals surface area contributed by atoms with E-state index in [0.717, 1.165) is 13.1 Å². The molecule has 0 saturated carbocycles. The standard InChI is InChI=1S/C20H22N4O2/c1-14-5-6-15(2)18(12-14)23-7-9-24(10-8-23)20(25)17-13-16(21-22-17)19-4-3-11-26-19/h3-6,11-13H,7-10H2,1-2H3,(H,21,22). The van der Waals surface area contributed by atoms with Crippen molar-refractivity contribution in [3.05, 3.63) is 59.5 Å². The topological polar surface area (TPSA) is 65.4 Å². The third-order valence-electron chi connectivity index (χ3n) is 4.86. The molecule has 3 heterocycles. The number of rotatable bonds is 3. The van der Waals surface area contributed by atoms with Gasteiger partial charge in [-0.1, -0.05) is 12.1 Å². The number of hydrogen-bond acceptors (Lipinski definition) is 4. The van der Waals surface area contributed by atoms with Crippen LogP contribution >= 0.6 is 0 Å². The number of benzene rings is 1. The summed E-state index contributed by atoms with van der Waals surface area (Å²) < 4.78 is 5.34. The Balaban J connectivity index is 1.43. The van der Waals surface area contributed by atoms with Crippen LogP contribution in [0.15, 0.2) is 47.1 Å². The zero-order valence-corrected chi connectivity index (χ0v) is 15.0. The van der Waals surface area contributed by atoms with E-state index < -0.39 is 0 Å². The number of aromatic amines is 1. The maximum absolute atomic E-state index is 12.7. The number of anilines is 1. The van der Waals surface area contributed by atoms with Gasteiger partial charge in [-0.3, -0.25) is 9.89 Å². The summed E-state index contributed by atoms with van der Waals surface area (Å²) in [5.74, 6) is 0.635. The largest absolute Gasteiger partial charge is 0.463 e. The van der Waals surface area contributed by atoms with Crippen LogP contribution in [0.25, 0.3) is 11.5 Å². The van der Waals surface area contributed by atoms with Crippen molar-refractivity contribution in [1.29, 1.82) is 0 Å². The van der Waals surface area contributed by atoms with Gasteiger partial charge < -0.3 is 14.2 Å². The highest BCUT2D eigenvalue weighted by Crippen LogP contribution is 2.24. The third-order valence-corrected chi connectivity index (χ3v) is 4.86. The fourth-order valence-electron chi connectivity index (χ4n) is 3.36. The number of amides is 1. The van der Waals surface area contributed by atoms with Gasteiger partial charge in [0.15, 0.2) is 11.5 Å². The summed E-state index contributed by atoms with van der Waals surface area (Å²) in [6.45, 7) is 7.27. The molecule has 3 aromatic rings. The summed E-state index contributed by atoms with van der Waals surface area (Å²) in [5.41, 5.74) is 4.93. The quantitative estimate of drug-likeness (QED) is 0.787. The Morgan fingerprint density at radius 1 is 1.12 bits per heavy atom. The van der Waals surface area contributed by atoms with E-state index >= 15 is 0 Å². The number of nitrogens with zero attached hydrogens (tertiary/aromatic N) is 3. The molecule has 1 saturated heterocycles. The lowest BCUT2D eigenvalue weighted by Crippen LogP contribution is -2.49. The van der Waals surface area contributed by atoms with Crippen molar-refractivity contribution in [3.8, 4) is 11.5 Å². The first-order valence-corrected chi connectivity index (χ1v) is 8.82. The first-order chi connectivity index (χ1) is 12.6. The third kappa shape index (κ3) is 3.10. The van der Waals surface area contributed by atoms with Gasteiger partial charge >= 0.3 is 0 Å². The van der Waals surface area contributed by atoms with Crippen molar-refractivity contribution >= 4 is 11.6 Å². The van der Waals surface area contributed by atoms with Gasteiger partial charge in [-0.2, -0.15) is 5.10 Å². The van der Waals surface area contributed by atoms with Crippen molar-refractivity contribution in [1.82, 2.24) is 15.1 Å². The van der Waals surface area contributed by atoms with Crippen LogP contribution in [0, 0.1) is 13.8 Å². The molecular formula is C20H22N4O2. The zero-order valence-electron chi connectivity index (χ0n) is 15.0. The first-order valence-electron chi connectivity index (χ1n) is 8.82. The number of carbonyl (C=O) groups is 1. The molecule has 1 N–H and O–H groups in total. The molecule has 6 heteroatoms. The minimum Gasteiger partial charge on any atom is -0.463 e. The lowest BCUT2D eigenvalue weighted by Gasteiger charge is -2.36. The molecule has 0 bridgehead atoms. The molecule has 0 spiro atoms. The Bertz CT molecular complexity index is 906. The van der Waals surface area contributed by atoms with Crippen molar-refractivity contribution in [2.24, 2.45) is 0 Å². The van der Waals surface area contributed by atoms with Crippen molar-refractivity contribution < 1.29 is 9.21 Å². The monoisotopic (exact) mass is 350 g/mol. The van der Waals surface area contributed by atoms with Gasteiger partial charge in [-0.25, -0.2) is 0 Å². The number of aromatic nitrogens is 2. The molecule has 1 aliphatic rings. The first kappa shape index (κ1) is 16.4. The van der Waals surface area contributed by atoms with Gasteiger partial charge in [0, 0.05) is 37.9 Å². The highest BCUT2D eigenvalue weighted by molar-refractivity contribution is 5.93. The fourth-order valence-corrected chi connectivity index (χ4v) is 3.36. The highest BCUT2D eigenvalue weighted by Gasteiger charge is 2.25. The van der Waals surface area contributed by atoms with Crippen LogP contribution in [0.1, 0.15) is 21.6 Å².